The van der Waals surface area contributed by atoms with Crippen LogP contribution in [0.1, 0.15) is 39.5 Å². The van der Waals surface area contributed by atoms with Crippen LogP contribution in [0.3, 0.4) is 0 Å². The Hall–Kier alpha value is -0.430. The monoisotopic (exact) mass is 208 g/mol. The summed E-state index contributed by atoms with van der Waals surface area (Å²) in [6, 6.07) is 10.7. The molecule has 0 N–H and O–H groups in total. The van der Waals surface area contributed by atoms with E-state index in [2.05, 4.69) is 44.2 Å². The van der Waals surface area contributed by atoms with E-state index in [9.17, 15) is 0 Å². The minimum absolute atomic E-state index is 0.803. The van der Waals surface area contributed by atoms with E-state index in [0.29, 0.717) is 0 Å². The molecule has 1 atom stereocenters. The van der Waals surface area contributed by atoms with Gasteiger partial charge in [0.15, 0.2) is 0 Å². The van der Waals surface area contributed by atoms with Crippen molar-refractivity contribution in [2.75, 3.05) is 0 Å². The summed E-state index contributed by atoms with van der Waals surface area (Å²) in [5.74, 6) is 0. The van der Waals surface area contributed by atoms with E-state index in [1.54, 1.807) is 0 Å². The molecule has 1 unspecified atom stereocenters. The van der Waals surface area contributed by atoms with Crippen LogP contribution in [-0.4, -0.2) is 5.25 Å². The molecule has 0 nitrogen and oxygen atoms in total. The van der Waals surface area contributed by atoms with Gasteiger partial charge in [-0.15, -0.1) is 11.8 Å². The Morgan fingerprint density at radius 2 is 1.86 bits per heavy atom. The maximum Gasteiger partial charge on any atom is 0.00917 e. The Kier molecular flexibility index (Phi) is 5.77. The Morgan fingerprint density at radius 3 is 2.43 bits per heavy atom. The maximum atomic E-state index is 2.29. The molecule has 0 bridgehead atoms. The van der Waals surface area contributed by atoms with Crippen LogP contribution in [0.25, 0.3) is 0 Å². The summed E-state index contributed by atoms with van der Waals surface area (Å²) in [5.41, 5.74) is 0. The normalized spacial score (nSPS) is 12.7. The molecule has 0 radical (unpaired) electrons. The second-order valence-electron chi connectivity index (χ2n) is 3.60. The van der Waals surface area contributed by atoms with E-state index >= 15 is 0 Å². The molecule has 1 rings (SSSR count). The van der Waals surface area contributed by atoms with Crippen molar-refractivity contribution in [2.45, 2.75) is 49.7 Å². The van der Waals surface area contributed by atoms with Gasteiger partial charge in [-0.2, -0.15) is 0 Å². The van der Waals surface area contributed by atoms with Crippen LogP contribution >= 0.6 is 11.8 Å². The summed E-state index contributed by atoms with van der Waals surface area (Å²) >= 11 is 2.03. The van der Waals surface area contributed by atoms with Crippen LogP contribution in [0, 0.1) is 0 Å². The fourth-order valence-corrected chi connectivity index (χ4v) is 2.62. The van der Waals surface area contributed by atoms with Gasteiger partial charge in [0.05, 0.1) is 0 Å². The third kappa shape index (κ3) is 4.19. The molecule has 0 spiro atoms. The van der Waals surface area contributed by atoms with Crippen LogP contribution in [0.5, 0.6) is 0 Å². The molecule has 1 aromatic carbocycles. The summed E-state index contributed by atoms with van der Waals surface area (Å²) in [6.45, 7) is 4.55. The predicted molar refractivity (Wildman–Crippen MR) is 65.9 cm³/mol. The second kappa shape index (κ2) is 6.94. The first-order valence-corrected chi connectivity index (χ1v) is 6.46. The summed E-state index contributed by atoms with van der Waals surface area (Å²) in [6.07, 6.45) is 5.30. The highest BCUT2D eigenvalue weighted by Gasteiger charge is 2.06. The van der Waals surface area contributed by atoms with Gasteiger partial charge in [0.2, 0.25) is 0 Å². The first-order chi connectivity index (χ1) is 6.86. The molecule has 1 aromatic rings. The van der Waals surface area contributed by atoms with Crippen LogP contribution in [0.15, 0.2) is 35.2 Å². The van der Waals surface area contributed by atoms with Crippen molar-refractivity contribution in [1.29, 1.82) is 0 Å². The Morgan fingerprint density at radius 1 is 1.14 bits per heavy atom. The van der Waals surface area contributed by atoms with E-state index < -0.39 is 0 Å². The number of hydrogen-bond acceptors (Lipinski definition) is 1. The lowest BCUT2D eigenvalue weighted by atomic mass is 10.2. The number of hydrogen-bond donors (Lipinski definition) is 0. The van der Waals surface area contributed by atoms with Crippen molar-refractivity contribution >= 4 is 11.8 Å². The van der Waals surface area contributed by atoms with Crippen molar-refractivity contribution in [3.63, 3.8) is 0 Å². The SMILES string of the molecule is CCCCC(CC)Sc1ccccc1. The summed E-state index contributed by atoms with van der Waals surface area (Å²) in [5, 5.41) is 0.803. The van der Waals surface area contributed by atoms with Gasteiger partial charge < -0.3 is 0 Å². The highest BCUT2D eigenvalue weighted by molar-refractivity contribution is 8.00. The molecule has 0 saturated heterocycles. The van der Waals surface area contributed by atoms with E-state index in [1.807, 2.05) is 11.8 Å². The predicted octanol–water partition coefficient (Wildman–Crippen LogP) is 4.75. The van der Waals surface area contributed by atoms with Gasteiger partial charge in [-0.05, 0) is 25.0 Å². The van der Waals surface area contributed by atoms with Crippen LogP contribution in [-0.2, 0) is 0 Å². The average Bonchev–Trinajstić information content (AvgIpc) is 2.25. The van der Waals surface area contributed by atoms with Crippen molar-refractivity contribution in [3.05, 3.63) is 30.3 Å². The average molecular weight is 208 g/mol. The van der Waals surface area contributed by atoms with Gasteiger partial charge in [0.25, 0.3) is 0 Å². The lowest BCUT2D eigenvalue weighted by Gasteiger charge is -2.13. The summed E-state index contributed by atoms with van der Waals surface area (Å²) < 4.78 is 0. The number of thioether (sulfide) groups is 1. The molecule has 1 heteroatoms. The molecule has 14 heavy (non-hydrogen) atoms. The first-order valence-electron chi connectivity index (χ1n) is 5.58. The van der Waals surface area contributed by atoms with Crippen molar-refractivity contribution in [2.24, 2.45) is 0 Å². The summed E-state index contributed by atoms with van der Waals surface area (Å²) in [4.78, 5) is 1.41. The third-order valence-electron chi connectivity index (χ3n) is 2.38. The molecule has 0 saturated carbocycles. The molecular weight excluding hydrogens is 188 g/mol. The largest absolute Gasteiger partial charge is 0.123 e. The fraction of sp³-hybridized carbons (Fsp3) is 0.538. The standard InChI is InChI=1S/C13H20S/c1-3-5-9-12(4-2)14-13-10-7-6-8-11-13/h6-8,10-12H,3-5,9H2,1-2H3. The third-order valence-corrected chi connectivity index (χ3v) is 3.83. The zero-order valence-corrected chi connectivity index (χ0v) is 10.0. The van der Waals surface area contributed by atoms with Crippen LogP contribution in [0.4, 0.5) is 0 Å². The molecule has 0 aliphatic rings. The van der Waals surface area contributed by atoms with Crippen molar-refractivity contribution in [1.82, 2.24) is 0 Å². The highest BCUT2D eigenvalue weighted by atomic mass is 32.2. The molecule has 0 aliphatic heterocycles. The smallest absolute Gasteiger partial charge is 0.00917 e. The summed E-state index contributed by atoms with van der Waals surface area (Å²) in [7, 11) is 0. The van der Waals surface area contributed by atoms with Gasteiger partial charge in [-0.3, -0.25) is 0 Å². The second-order valence-corrected chi connectivity index (χ2v) is 4.98. The minimum atomic E-state index is 0.803. The Balaban J connectivity index is 2.40. The zero-order chi connectivity index (χ0) is 10.2. The van der Waals surface area contributed by atoms with Gasteiger partial charge in [-0.1, -0.05) is 44.9 Å². The van der Waals surface area contributed by atoms with Crippen molar-refractivity contribution < 1.29 is 0 Å². The molecule has 0 aromatic heterocycles. The van der Waals surface area contributed by atoms with Crippen LogP contribution in [0.2, 0.25) is 0 Å². The Bertz CT molecular complexity index is 230. The minimum Gasteiger partial charge on any atom is -0.123 e. The van der Waals surface area contributed by atoms with E-state index in [1.165, 1.54) is 30.6 Å². The number of rotatable bonds is 6. The molecule has 78 valence electrons. The van der Waals surface area contributed by atoms with Gasteiger partial charge in [0, 0.05) is 10.1 Å². The molecule has 0 fully saturated rings. The Labute approximate surface area is 92.1 Å². The van der Waals surface area contributed by atoms with E-state index in [4.69, 9.17) is 0 Å². The number of benzene rings is 1. The van der Waals surface area contributed by atoms with Gasteiger partial charge in [0.1, 0.15) is 0 Å². The number of unbranched alkanes of at least 4 members (excludes halogenated alkanes) is 1. The van der Waals surface area contributed by atoms with Gasteiger partial charge in [-0.25, -0.2) is 0 Å². The fourth-order valence-electron chi connectivity index (χ4n) is 1.47. The van der Waals surface area contributed by atoms with E-state index in [0.717, 1.165) is 5.25 Å². The quantitative estimate of drug-likeness (QED) is 0.608. The lowest BCUT2D eigenvalue weighted by Crippen LogP contribution is -1.99. The van der Waals surface area contributed by atoms with Crippen LogP contribution < -0.4 is 0 Å². The molecular formula is C13H20S. The molecule has 0 amide bonds. The van der Waals surface area contributed by atoms with Crippen molar-refractivity contribution in [3.8, 4) is 0 Å². The van der Waals surface area contributed by atoms with Gasteiger partial charge >= 0.3 is 0 Å². The molecule has 0 heterocycles. The topological polar surface area (TPSA) is 0 Å². The highest BCUT2D eigenvalue weighted by Crippen LogP contribution is 2.28. The lowest BCUT2D eigenvalue weighted by molar-refractivity contribution is 0.670. The zero-order valence-electron chi connectivity index (χ0n) is 9.20. The molecule has 0 aliphatic carbocycles. The van der Waals surface area contributed by atoms with E-state index in [-0.39, 0.29) is 0 Å². The maximum absolute atomic E-state index is 2.29. The first kappa shape index (κ1) is 11.6.